The molecule has 0 radical (unpaired) electrons. The van der Waals surface area contributed by atoms with Crippen LogP contribution in [0, 0.1) is 0 Å². The van der Waals surface area contributed by atoms with E-state index in [0.717, 1.165) is 48.7 Å². The fourth-order valence-electron chi connectivity index (χ4n) is 6.55. The molecule has 0 aliphatic heterocycles. The number of rotatable bonds is 3. The van der Waals surface area contributed by atoms with Crippen LogP contribution in [0.15, 0.2) is 144 Å². The molecule has 202 valence electrons. The summed E-state index contributed by atoms with van der Waals surface area (Å²) in [6.07, 6.45) is 0. The molecule has 43 heavy (non-hydrogen) atoms. The van der Waals surface area contributed by atoms with Gasteiger partial charge in [0.15, 0.2) is 0 Å². The lowest BCUT2D eigenvalue weighted by molar-refractivity contribution is 1.01. The smallest absolute Gasteiger partial charge is 0.235 e. The Bertz CT molecular complexity index is 2520. The molecule has 3 aromatic heterocycles. The molecule has 0 N–H and O–H groups in total. The first-order chi connectivity index (χ1) is 21.3. The fourth-order valence-corrected chi connectivity index (χ4v) is 7.12. The van der Waals surface area contributed by atoms with E-state index in [4.69, 9.17) is 9.97 Å². The number of nitrogens with zero attached hydrogens (tertiary/aromatic N) is 4. The van der Waals surface area contributed by atoms with Crippen LogP contribution in [-0.2, 0) is 0 Å². The maximum Gasteiger partial charge on any atom is 0.235 e. The van der Waals surface area contributed by atoms with Gasteiger partial charge in [-0.2, -0.15) is 0 Å². The molecule has 9 rings (SSSR count). The summed E-state index contributed by atoms with van der Waals surface area (Å²) in [6.45, 7) is 0. The van der Waals surface area contributed by atoms with Crippen LogP contribution < -0.4 is 0 Å². The zero-order valence-electron chi connectivity index (χ0n) is 22.9. The predicted molar refractivity (Wildman–Crippen MR) is 181 cm³/mol. The minimum absolute atomic E-state index is 0.657. The minimum atomic E-state index is 0.657. The Morgan fingerprint density at radius 2 is 1.12 bits per heavy atom. The van der Waals surface area contributed by atoms with Gasteiger partial charge in [0.2, 0.25) is 5.95 Å². The van der Waals surface area contributed by atoms with Gasteiger partial charge in [-0.1, -0.05) is 101 Å². The Labute approximate surface area is 255 Å². The average Bonchev–Trinajstić information content (AvgIpc) is 3.58. The van der Waals surface area contributed by atoms with Gasteiger partial charge in [0.1, 0.15) is 0 Å². The van der Waals surface area contributed by atoms with Crippen LogP contribution in [0.25, 0.3) is 77.4 Å². The predicted octanol–water partition coefficient (Wildman–Crippen LogP) is 10.3. The van der Waals surface area contributed by atoms with Crippen LogP contribution in [0.3, 0.4) is 0 Å². The maximum absolute atomic E-state index is 5.33. The van der Waals surface area contributed by atoms with Crippen LogP contribution in [0.4, 0.5) is 0 Å². The van der Waals surface area contributed by atoms with Gasteiger partial charge in [-0.05, 0) is 54.6 Å². The molecule has 3 heterocycles. The standard InChI is InChI=1S/C38H23BrN4/c39-30-16-10-20-35-36(30)28-15-6-9-19-33(28)43(35)38-40-31-17-7-4-14-27(31)37(41-38)24-21-22-34-29(23-24)26-13-5-8-18-32(26)42(34)25-11-2-1-3-12-25/h1-23H. The molecule has 0 spiro atoms. The molecule has 0 amide bonds. The van der Waals surface area contributed by atoms with Gasteiger partial charge in [-0.15, -0.1) is 0 Å². The summed E-state index contributed by atoms with van der Waals surface area (Å²) in [4.78, 5) is 10.4. The molecule has 0 unspecified atom stereocenters. The highest BCUT2D eigenvalue weighted by molar-refractivity contribution is 9.10. The lowest BCUT2D eigenvalue weighted by atomic mass is 10.0. The van der Waals surface area contributed by atoms with Crippen molar-refractivity contribution in [2.75, 3.05) is 0 Å². The summed E-state index contributed by atoms with van der Waals surface area (Å²) in [5.74, 6) is 0.657. The highest BCUT2D eigenvalue weighted by Crippen LogP contribution is 2.38. The second-order valence-electron chi connectivity index (χ2n) is 10.8. The van der Waals surface area contributed by atoms with Crippen LogP contribution in [0.5, 0.6) is 0 Å². The highest BCUT2D eigenvalue weighted by Gasteiger charge is 2.19. The number of hydrogen-bond acceptors (Lipinski definition) is 2. The van der Waals surface area contributed by atoms with Gasteiger partial charge in [-0.25, -0.2) is 9.97 Å². The number of halogens is 1. The Hall–Kier alpha value is -5.26. The van der Waals surface area contributed by atoms with Gasteiger partial charge in [0, 0.05) is 42.7 Å². The summed E-state index contributed by atoms with van der Waals surface area (Å²) in [6, 6.07) is 49.0. The zero-order chi connectivity index (χ0) is 28.5. The average molecular weight is 616 g/mol. The van der Waals surface area contributed by atoms with Crippen molar-refractivity contribution in [2.45, 2.75) is 0 Å². The van der Waals surface area contributed by atoms with Gasteiger partial charge in [0.05, 0.1) is 33.3 Å². The number of fused-ring (bicyclic) bond motifs is 7. The second kappa shape index (κ2) is 9.38. The molecular weight excluding hydrogens is 592 g/mol. The number of aromatic nitrogens is 4. The Balaban J connectivity index is 1.35. The van der Waals surface area contributed by atoms with E-state index in [1.54, 1.807) is 0 Å². The third kappa shape index (κ3) is 3.62. The van der Waals surface area contributed by atoms with E-state index in [2.05, 4.69) is 159 Å². The van der Waals surface area contributed by atoms with Gasteiger partial charge >= 0.3 is 0 Å². The van der Waals surface area contributed by atoms with Crippen molar-refractivity contribution in [3.05, 3.63) is 144 Å². The topological polar surface area (TPSA) is 35.6 Å². The first kappa shape index (κ1) is 24.3. The summed E-state index contributed by atoms with van der Waals surface area (Å²) in [5, 5.41) is 5.76. The molecule has 0 atom stereocenters. The molecular formula is C38H23BrN4. The third-order valence-electron chi connectivity index (χ3n) is 8.40. The van der Waals surface area contributed by atoms with Crippen LogP contribution in [-0.4, -0.2) is 19.1 Å². The van der Waals surface area contributed by atoms with Crippen molar-refractivity contribution in [1.29, 1.82) is 0 Å². The van der Waals surface area contributed by atoms with Crippen LogP contribution in [0.1, 0.15) is 0 Å². The molecule has 4 nitrogen and oxygen atoms in total. The lowest BCUT2D eigenvalue weighted by Crippen LogP contribution is -2.03. The van der Waals surface area contributed by atoms with Gasteiger partial charge in [-0.3, -0.25) is 4.57 Å². The molecule has 0 fully saturated rings. The second-order valence-corrected chi connectivity index (χ2v) is 11.7. The number of para-hydroxylation sites is 4. The molecule has 0 aliphatic rings. The van der Waals surface area contributed by atoms with Gasteiger partial charge in [0.25, 0.3) is 0 Å². The summed E-state index contributed by atoms with van der Waals surface area (Å²) in [5.41, 5.74) is 8.53. The Morgan fingerprint density at radius 1 is 0.465 bits per heavy atom. The molecule has 0 saturated carbocycles. The van der Waals surface area contributed by atoms with Crippen LogP contribution in [0.2, 0.25) is 0 Å². The van der Waals surface area contributed by atoms with Crippen molar-refractivity contribution >= 4 is 70.4 Å². The van der Waals surface area contributed by atoms with E-state index < -0.39 is 0 Å². The highest BCUT2D eigenvalue weighted by atomic mass is 79.9. The summed E-state index contributed by atoms with van der Waals surface area (Å²) in [7, 11) is 0. The van der Waals surface area contributed by atoms with Crippen molar-refractivity contribution in [3.63, 3.8) is 0 Å². The van der Waals surface area contributed by atoms with E-state index in [1.807, 2.05) is 6.07 Å². The summed E-state index contributed by atoms with van der Waals surface area (Å²) < 4.78 is 5.58. The molecule has 0 saturated heterocycles. The first-order valence-electron chi connectivity index (χ1n) is 14.3. The van der Waals surface area contributed by atoms with Crippen molar-refractivity contribution in [1.82, 2.24) is 19.1 Å². The van der Waals surface area contributed by atoms with E-state index in [-0.39, 0.29) is 0 Å². The summed E-state index contributed by atoms with van der Waals surface area (Å²) >= 11 is 3.80. The quantitative estimate of drug-likeness (QED) is 0.198. The van der Waals surface area contributed by atoms with Crippen molar-refractivity contribution < 1.29 is 0 Å². The molecule has 0 aliphatic carbocycles. The first-order valence-corrected chi connectivity index (χ1v) is 15.1. The maximum atomic E-state index is 5.33. The fraction of sp³-hybridized carbons (Fsp3) is 0. The largest absolute Gasteiger partial charge is 0.309 e. The minimum Gasteiger partial charge on any atom is -0.309 e. The molecule has 5 heteroatoms. The monoisotopic (exact) mass is 614 g/mol. The third-order valence-corrected chi connectivity index (χ3v) is 9.06. The SMILES string of the molecule is Brc1cccc2c1c1ccccc1n2-c1nc(-c2ccc3c(c2)c2ccccc2n3-c2ccccc2)c2ccccc2n1. The van der Waals surface area contributed by atoms with Gasteiger partial charge < -0.3 is 4.57 Å². The zero-order valence-corrected chi connectivity index (χ0v) is 24.5. The number of hydrogen-bond donors (Lipinski definition) is 0. The normalized spacial score (nSPS) is 11.8. The Kier molecular flexibility index (Phi) is 5.31. The Morgan fingerprint density at radius 3 is 1.95 bits per heavy atom. The molecule has 6 aromatic carbocycles. The van der Waals surface area contributed by atoms with Crippen molar-refractivity contribution in [3.8, 4) is 22.9 Å². The van der Waals surface area contributed by atoms with E-state index in [1.165, 1.54) is 27.2 Å². The number of benzene rings is 6. The van der Waals surface area contributed by atoms with E-state index in [9.17, 15) is 0 Å². The van der Waals surface area contributed by atoms with Crippen molar-refractivity contribution in [2.24, 2.45) is 0 Å². The molecule has 0 bridgehead atoms. The van der Waals surface area contributed by atoms with Crippen LogP contribution >= 0.6 is 15.9 Å². The molecule has 9 aromatic rings. The van der Waals surface area contributed by atoms with E-state index >= 15 is 0 Å². The van der Waals surface area contributed by atoms with E-state index in [0.29, 0.717) is 5.95 Å². The lowest BCUT2D eigenvalue weighted by Gasteiger charge is -2.12.